The quantitative estimate of drug-likeness (QED) is 0.610. The number of nitrogens with one attached hydrogen (secondary N) is 1. The number of amides is 2. The van der Waals surface area contributed by atoms with Gasteiger partial charge in [-0.05, 0) is 24.6 Å². The summed E-state index contributed by atoms with van der Waals surface area (Å²) in [6, 6.07) is 3.89. The number of methoxy groups -OCH3 is 1. The minimum atomic E-state index is -3.54. The van der Waals surface area contributed by atoms with Gasteiger partial charge in [-0.15, -0.1) is 11.3 Å². The predicted molar refractivity (Wildman–Crippen MR) is 116 cm³/mol. The highest BCUT2D eigenvalue weighted by atomic mass is 32.2. The third-order valence-electron chi connectivity index (χ3n) is 4.77. The highest BCUT2D eigenvalue weighted by Gasteiger charge is 2.44. The smallest absolute Gasteiger partial charge is 0.260 e. The van der Waals surface area contributed by atoms with Gasteiger partial charge < -0.3 is 24.8 Å². The molecule has 2 aromatic rings. The number of nitrogens with zero attached hydrogens (tertiary/aromatic N) is 1. The van der Waals surface area contributed by atoms with Gasteiger partial charge in [0.2, 0.25) is 5.91 Å². The highest BCUT2D eigenvalue weighted by Crippen LogP contribution is 2.45. The number of ether oxygens (including phenoxy) is 2. The molecular weight excluding hydrogens is 444 g/mol. The number of benzene rings is 1. The molecule has 2 atom stereocenters. The lowest BCUT2D eigenvalue weighted by Gasteiger charge is -2.31. The summed E-state index contributed by atoms with van der Waals surface area (Å²) in [5.41, 5.74) is 0.970. The highest BCUT2D eigenvalue weighted by molar-refractivity contribution is 7.90. The molecule has 0 spiro atoms. The zero-order chi connectivity index (χ0) is 22.9. The van der Waals surface area contributed by atoms with Gasteiger partial charge in [-0.1, -0.05) is 6.07 Å². The van der Waals surface area contributed by atoms with Crippen LogP contribution < -0.4 is 14.8 Å². The van der Waals surface area contributed by atoms with Gasteiger partial charge in [0.25, 0.3) is 5.91 Å². The van der Waals surface area contributed by atoms with Gasteiger partial charge in [0.15, 0.2) is 17.7 Å². The third kappa shape index (κ3) is 4.68. The second-order valence-corrected chi connectivity index (χ2v) is 10.2. The fraction of sp³-hybridized carbons (Fsp3) is 0.400. The van der Waals surface area contributed by atoms with Crippen molar-refractivity contribution in [1.29, 1.82) is 0 Å². The number of thiophene rings is 1. The van der Waals surface area contributed by atoms with E-state index in [1.165, 1.54) is 14.0 Å². The molecule has 1 aliphatic heterocycles. The third-order valence-corrected chi connectivity index (χ3v) is 6.60. The number of aliphatic hydroxyl groups is 1. The Kier molecular flexibility index (Phi) is 6.58. The Bertz CT molecular complexity index is 1110. The van der Waals surface area contributed by atoms with Crippen molar-refractivity contribution in [2.45, 2.75) is 26.1 Å². The Morgan fingerprint density at radius 3 is 2.65 bits per heavy atom. The predicted octanol–water partition coefficient (Wildman–Crippen LogP) is 2.35. The van der Waals surface area contributed by atoms with E-state index in [0.29, 0.717) is 34.2 Å². The SMILES string of the molecule is CCOc1cc(C(CS(C)(=O)=O)N2C(=O)c3c(csc3NC(C)=O)C2O)ccc1OC. The molecule has 2 unspecified atom stereocenters. The molecule has 0 bridgehead atoms. The number of hydrogen-bond acceptors (Lipinski definition) is 8. The maximum Gasteiger partial charge on any atom is 0.260 e. The van der Waals surface area contributed by atoms with Crippen LogP contribution in [0.1, 0.15) is 47.6 Å². The van der Waals surface area contributed by atoms with Crippen LogP contribution in [0.4, 0.5) is 5.00 Å². The van der Waals surface area contributed by atoms with E-state index >= 15 is 0 Å². The van der Waals surface area contributed by atoms with E-state index in [0.717, 1.165) is 22.5 Å². The molecule has 2 heterocycles. The van der Waals surface area contributed by atoms with E-state index in [9.17, 15) is 23.1 Å². The van der Waals surface area contributed by atoms with Crippen LogP contribution >= 0.6 is 11.3 Å². The average Bonchev–Trinajstić information content (AvgIpc) is 3.19. The Hall–Kier alpha value is -2.63. The van der Waals surface area contributed by atoms with Gasteiger partial charge in [-0.2, -0.15) is 0 Å². The molecule has 0 aliphatic carbocycles. The van der Waals surface area contributed by atoms with Crippen molar-refractivity contribution in [1.82, 2.24) is 4.90 Å². The summed E-state index contributed by atoms with van der Waals surface area (Å²) in [4.78, 5) is 25.9. The number of hydrogen-bond donors (Lipinski definition) is 2. The molecule has 2 amide bonds. The summed E-state index contributed by atoms with van der Waals surface area (Å²) in [5.74, 6) is -0.458. The molecule has 1 aromatic heterocycles. The number of rotatable bonds is 8. The molecule has 2 N–H and O–H groups in total. The first-order chi connectivity index (χ1) is 14.6. The molecular formula is C20H24N2O7S2. The Morgan fingerprint density at radius 2 is 2.06 bits per heavy atom. The van der Waals surface area contributed by atoms with Crippen LogP contribution in [0.5, 0.6) is 11.5 Å². The van der Waals surface area contributed by atoms with Crippen LogP contribution in [-0.4, -0.2) is 56.0 Å². The molecule has 0 saturated heterocycles. The van der Waals surface area contributed by atoms with E-state index < -0.39 is 33.8 Å². The molecule has 1 aliphatic rings. The van der Waals surface area contributed by atoms with Crippen molar-refractivity contribution in [3.8, 4) is 11.5 Å². The van der Waals surface area contributed by atoms with E-state index in [4.69, 9.17) is 9.47 Å². The lowest BCUT2D eigenvalue weighted by molar-refractivity contribution is -0.114. The summed E-state index contributed by atoms with van der Waals surface area (Å²) in [5, 5.41) is 15.4. The summed E-state index contributed by atoms with van der Waals surface area (Å²) >= 11 is 1.13. The number of carbonyl (C=O) groups excluding carboxylic acids is 2. The van der Waals surface area contributed by atoms with Crippen LogP contribution in [0.15, 0.2) is 23.6 Å². The second-order valence-electron chi connectivity index (χ2n) is 7.11. The Labute approximate surface area is 184 Å². The van der Waals surface area contributed by atoms with E-state index in [1.807, 2.05) is 0 Å². The number of anilines is 1. The van der Waals surface area contributed by atoms with E-state index in [2.05, 4.69) is 5.32 Å². The summed E-state index contributed by atoms with van der Waals surface area (Å²) in [6.45, 7) is 3.48. The van der Waals surface area contributed by atoms with Crippen molar-refractivity contribution in [2.75, 3.05) is 31.0 Å². The zero-order valence-electron chi connectivity index (χ0n) is 17.5. The number of sulfone groups is 1. The molecule has 168 valence electrons. The topological polar surface area (TPSA) is 122 Å². The zero-order valence-corrected chi connectivity index (χ0v) is 19.2. The molecule has 0 radical (unpaired) electrons. The van der Waals surface area contributed by atoms with Gasteiger partial charge in [0.05, 0.1) is 31.1 Å². The van der Waals surface area contributed by atoms with Gasteiger partial charge in [-0.3, -0.25) is 9.59 Å². The average molecular weight is 469 g/mol. The molecule has 9 nitrogen and oxygen atoms in total. The maximum absolute atomic E-state index is 13.3. The standard InChI is InChI=1S/C20H24N2O7S2/c1-5-29-16-8-12(6-7-15(16)28-3)14(10-31(4,26)27)22-19(24)13-9-30-18(21-11(2)23)17(13)20(22)25/h6-9,14,19,24H,5,10H2,1-4H3,(H,21,23). The monoisotopic (exact) mass is 468 g/mol. The van der Waals surface area contributed by atoms with Crippen LogP contribution in [0.25, 0.3) is 0 Å². The molecule has 11 heteroatoms. The number of carbonyl (C=O) groups is 2. The summed E-state index contributed by atoms with van der Waals surface area (Å²) in [6.07, 6.45) is -0.289. The minimum Gasteiger partial charge on any atom is -0.493 e. The first-order valence-corrected chi connectivity index (χ1v) is 12.4. The van der Waals surface area contributed by atoms with Gasteiger partial charge in [-0.25, -0.2) is 8.42 Å². The van der Waals surface area contributed by atoms with Crippen LogP contribution in [0.3, 0.4) is 0 Å². The van der Waals surface area contributed by atoms with E-state index in [1.54, 1.807) is 30.5 Å². The van der Waals surface area contributed by atoms with Gasteiger partial charge in [0, 0.05) is 24.1 Å². The van der Waals surface area contributed by atoms with Crippen LogP contribution in [0.2, 0.25) is 0 Å². The largest absolute Gasteiger partial charge is 0.493 e. The Balaban J connectivity index is 2.08. The van der Waals surface area contributed by atoms with E-state index in [-0.39, 0.29) is 11.5 Å². The normalized spacial score (nSPS) is 16.7. The molecule has 0 saturated carbocycles. The van der Waals surface area contributed by atoms with Gasteiger partial charge in [0.1, 0.15) is 14.8 Å². The molecule has 31 heavy (non-hydrogen) atoms. The fourth-order valence-corrected chi connectivity index (χ4v) is 5.47. The summed E-state index contributed by atoms with van der Waals surface area (Å²) < 4.78 is 35.3. The first-order valence-electron chi connectivity index (χ1n) is 9.45. The number of aliphatic hydroxyl groups excluding tert-OH is 1. The molecule has 3 rings (SSSR count). The number of fused-ring (bicyclic) bond motifs is 1. The van der Waals surface area contributed by atoms with Crippen LogP contribution in [-0.2, 0) is 14.6 Å². The molecule has 1 aromatic carbocycles. The Morgan fingerprint density at radius 1 is 1.35 bits per heavy atom. The van der Waals surface area contributed by atoms with Gasteiger partial charge >= 0.3 is 0 Å². The molecule has 0 fully saturated rings. The summed E-state index contributed by atoms with van der Waals surface area (Å²) in [7, 11) is -2.05. The maximum atomic E-state index is 13.3. The van der Waals surface area contributed by atoms with Crippen molar-refractivity contribution >= 4 is 38.0 Å². The van der Waals surface area contributed by atoms with Crippen molar-refractivity contribution < 1.29 is 32.6 Å². The van der Waals surface area contributed by atoms with Crippen molar-refractivity contribution in [3.05, 3.63) is 40.3 Å². The van der Waals surface area contributed by atoms with Crippen molar-refractivity contribution in [3.63, 3.8) is 0 Å². The second kappa shape index (κ2) is 8.85. The van der Waals surface area contributed by atoms with Crippen LogP contribution in [0, 0.1) is 0 Å². The fourth-order valence-electron chi connectivity index (χ4n) is 3.53. The van der Waals surface area contributed by atoms with Crippen molar-refractivity contribution in [2.24, 2.45) is 0 Å². The first kappa shape index (κ1) is 23.0. The lowest BCUT2D eigenvalue weighted by atomic mass is 10.1. The lowest BCUT2D eigenvalue weighted by Crippen LogP contribution is -2.36. The minimum absolute atomic E-state index is 0.171.